The Hall–Kier alpha value is -1.84. The minimum atomic E-state index is 0.174. The first kappa shape index (κ1) is 13.2. The predicted octanol–water partition coefficient (Wildman–Crippen LogP) is 4.22. The summed E-state index contributed by atoms with van der Waals surface area (Å²) in [5.74, 6) is 0.890. The molecule has 2 aromatic carbocycles. The second kappa shape index (κ2) is 5.65. The minimum Gasteiger partial charge on any atom is -0.497 e. The van der Waals surface area contributed by atoms with Crippen LogP contribution in [0.25, 0.3) is 10.1 Å². The van der Waals surface area contributed by atoms with E-state index in [-0.39, 0.29) is 6.04 Å². The number of hydrogen-bond acceptors (Lipinski definition) is 3. The lowest BCUT2D eigenvalue weighted by Gasteiger charge is -2.18. The van der Waals surface area contributed by atoms with E-state index in [2.05, 4.69) is 47.1 Å². The van der Waals surface area contributed by atoms with E-state index >= 15 is 0 Å². The smallest absolute Gasteiger partial charge is 0.119 e. The number of hydrogen-bond donors (Lipinski definition) is 1. The lowest BCUT2D eigenvalue weighted by Crippen LogP contribution is -2.17. The van der Waals surface area contributed by atoms with E-state index < -0.39 is 0 Å². The quantitative estimate of drug-likeness (QED) is 0.774. The number of rotatable bonds is 4. The van der Waals surface area contributed by atoms with Gasteiger partial charge >= 0.3 is 0 Å². The van der Waals surface area contributed by atoms with Gasteiger partial charge in [0.2, 0.25) is 0 Å². The highest BCUT2D eigenvalue weighted by Gasteiger charge is 2.15. The number of thiophene rings is 1. The third-order valence-electron chi connectivity index (χ3n) is 3.54. The van der Waals surface area contributed by atoms with Crippen LogP contribution in [0.3, 0.4) is 0 Å². The molecule has 0 aliphatic carbocycles. The van der Waals surface area contributed by atoms with E-state index in [1.165, 1.54) is 21.2 Å². The van der Waals surface area contributed by atoms with Crippen LogP contribution in [0.1, 0.15) is 17.2 Å². The maximum atomic E-state index is 5.33. The monoisotopic (exact) mass is 283 g/mol. The Morgan fingerprint density at radius 3 is 2.75 bits per heavy atom. The van der Waals surface area contributed by atoms with Gasteiger partial charge in [-0.1, -0.05) is 30.3 Å². The van der Waals surface area contributed by atoms with Crippen molar-refractivity contribution < 1.29 is 4.74 Å². The molecule has 0 radical (unpaired) electrons. The molecule has 3 rings (SSSR count). The number of nitrogens with one attached hydrogen (secondary N) is 1. The molecule has 3 heteroatoms. The van der Waals surface area contributed by atoms with E-state index in [9.17, 15) is 0 Å². The fraction of sp³-hybridized carbons (Fsp3) is 0.176. The Labute approximate surface area is 123 Å². The van der Waals surface area contributed by atoms with E-state index in [0.717, 1.165) is 5.75 Å². The van der Waals surface area contributed by atoms with Gasteiger partial charge in [0, 0.05) is 4.70 Å². The molecule has 0 saturated carbocycles. The fourth-order valence-electron chi connectivity index (χ4n) is 2.57. The molecule has 1 atom stereocenters. The largest absolute Gasteiger partial charge is 0.497 e. The van der Waals surface area contributed by atoms with Gasteiger partial charge in [-0.15, -0.1) is 11.3 Å². The summed E-state index contributed by atoms with van der Waals surface area (Å²) in [5, 5.41) is 6.87. The van der Waals surface area contributed by atoms with Crippen LogP contribution in [-0.4, -0.2) is 14.2 Å². The molecule has 0 aliphatic heterocycles. The molecule has 2 nitrogen and oxygen atoms in total. The highest BCUT2D eigenvalue weighted by atomic mass is 32.1. The molecule has 1 aromatic heterocycles. The average Bonchev–Trinajstić information content (AvgIpc) is 2.97. The lowest BCUT2D eigenvalue weighted by molar-refractivity contribution is 0.414. The Bertz CT molecular complexity index is 720. The highest BCUT2D eigenvalue weighted by Crippen LogP contribution is 2.33. The van der Waals surface area contributed by atoms with Crippen LogP contribution in [0.4, 0.5) is 0 Å². The summed E-state index contributed by atoms with van der Waals surface area (Å²) in [6.07, 6.45) is 0. The van der Waals surface area contributed by atoms with Gasteiger partial charge in [0.15, 0.2) is 0 Å². The molecule has 1 heterocycles. The molecule has 0 spiro atoms. The van der Waals surface area contributed by atoms with Crippen LogP contribution >= 0.6 is 11.3 Å². The highest BCUT2D eigenvalue weighted by molar-refractivity contribution is 7.17. The predicted molar refractivity (Wildman–Crippen MR) is 85.7 cm³/mol. The molecule has 0 aliphatic rings. The molecule has 0 fully saturated rings. The zero-order valence-electron chi connectivity index (χ0n) is 11.6. The summed E-state index contributed by atoms with van der Waals surface area (Å²) in [4.78, 5) is 0. The molecular formula is C17H17NOS. The first-order valence-corrected chi connectivity index (χ1v) is 7.49. The normalized spacial score (nSPS) is 12.5. The van der Waals surface area contributed by atoms with Crippen LogP contribution in [-0.2, 0) is 0 Å². The zero-order valence-corrected chi connectivity index (χ0v) is 12.4. The van der Waals surface area contributed by atoms with Crippen LogP contribution < -0.4 is 10.1 Å². The summed E-state index contributed by atoms with van der Waals surface area (Å²) in [7, 11) is 3.70. The Kier molecular flexibility index (Phi) is 3.72. The SMILES string of the molecule is CNC(c1cccc(OC)c1)c1cccc2ccsc12. The zero-order chi connectivity index (χ0) is 13.9. The summed E-state index contributed by atoms with van der Waals surface area (Å²) < 4.78 is 6.67. The molecule has 0 saturated heterocycles. The van der Waals surface area contributed by atoms with Gasteiger partial charge in [-0.05, 0) is 47.1 Å². The number of ether oxygens (including phenoxy) is 1. The summed E-state index contributed by atoms with van der Waals surface area (Å²) >= 11 is 1.79. The Balaban J connectivity index is 2.11. The van der Waals surface area contributed by atoms with Crippen molar-refractivity contribution in [1.82, 2.24) is 5.32 Å². The van der Waals surface area contributed by atoms with Crippen LogP contribution in [0.5, 0.6) is 5.75 Å². The van der Waals surface area contributed by atoms with Crippen LogP contribution in [0.2, 0.25) is 0 Å². The summed E-state index contributed by atoms with van der Waals surface area (Å²) in [5.41, 5.74) is 2.53. The summed E-state index contributed by atoms with van der Waals surface area (Å²) in [6, 6.07) is 17.1. The van der Waals surface area contributed by atoms with Crippen LogP contribution in [0, 0.1) is 0 Å². The van der Waals surface area contributed by atoms with E-state index in [0.29, 0.717) is 0 Å². The number of fused-ring (bicyclic) bond motifs is 1. The molecule has 3 aromatic rings. The maximum Gasteiger partial charge on any atom is 0.119 e. The third kappa shape index (κ3) is 2.30. The molecule has 0 amide bonds. The minimum absolute atomic E-state index is 0.174. The fourth-order valence-corrected chi connectivity index (χ4v) is 3.51. The van der Waals surface area contributed by atoms with Crippen molar-refractivity contribution >= 4 is 21.4 Å². The van der Waals surface area contributed by atoms with Crippen molar-refractivity contribution in [1.29, 1.82) is 0 Å². The molecule has 1 unspecified atom stereocenters. The molecule has 1 N–H and O–H groups in total. The van der Waals surface area contributed by atoms with Crippen molar-refractivity contribution in [3.63, 3.8) is 0 Å². The van der Waals surface area contributed by atoms with Crippen molar-refractivity contribution in [3.8, 4) is 5.75 Å². The molecule has 102 valence electrons. The van der Waals surface area contributed by atoms with Gasteiger partial charge < -0.3 is 10.1 Å². The van der Waals surface area contributed by atoms with Crippen molar-refractivity contribution in [2.24, 2.45) is 0 Å². The van der Waals surface area contributed by atoms with Crippen LogP contribution in [0.15, 0.2) is 53.9 Å². The molecular weight excluding hydrogens is 266 g/mol. The van der Waals surface area contributed by atoms with E-state index in [1.54, 1.807) is 18.4 Å². The first-order chi connectivity index (χ1) is 9.83. The number of benzene rings is 2. The summed E-state index contributed by atoms with van der Waals surface area (Å²) in [6.45, 7) is 0. The van der Waals surface area contributed by atoms with Crippen molar-refractivity contribution in [3.05, 3.63) is 65.0 Å². The Morgan fingerprint density at radius 2 is 1.95 bits per heavy atom. The van der Waals surface area contributed by atoms with Gasteiger partial charge in [-0.2, -0.15) is 0 Å². The van der Waals surface area contributed by atoms with Crippen molar-refractivity contribution in [2.75, 3.05) is 14.2 Å². The average molecular weight is 283 g/mol. The number of methoxy groups -OCH3 is 1. The second-order valence-electron chi connectivity index (χ2n) is 4.68. The van der Waals surface area contributed by atoms with Gasteiger partial charge in [0.05, 0.1) is 13.2 Å². The lowest BCUT2D eigenvalue weighted by atomic mass is 9.97. The van der Waals surface area contributed by atoms with Gasteiger partial charge in [-0.25, -0.2) is 0 Å². The maximum absolute atomic E-state index is 5.33. The Morgan fingerprint density at radius 1 is 1.10 bits per heavy atom. The first-order valence-electron chi connectivity index (χ1n) is 6.61. The van der Waals surface area contributed by atoms with Gasteiger partial charge in [0.1, 0.15) is 5.75 Å². The molecule has 0 bridgehead atoms. The second-order valence-corrected chi connectivity index (χ2v) is 5.60. The topological polar surface area (TPSA) is 21.3 Å². The third-order valence-corrected chi connectivity index (χ3v) is 4.52. The van der Waals surface area contributed by atoms with E-state index in [1.807, 2.05) is 19.2 Å². The van der Waals surface area contributed by atoms with Gasteiger partial charge in [0.25, 0.3) is 0 Å². The van der Waals surface area contributed by atoms with Crippen molar-refractivity contribution in [2.45, 2.75) is 6.04 Å². The molecule has 20 heavy (non-hydrogen) atoms. The van der Waals surface area contributed by atoms with E-state index in [4.69, 9.17) is 4.74 Å². The van der Waals surface area contributed by atoms with Gasteiger partial charge in [-0.3, -0.25) is 0 Å². The standard InChI is InChI=1S/C17H17NOS/c1-18-16(13-6-3-7-14(11-13)19-2)15-8-4-5-12-9-10-20-17(12)15/h3-11,16,18H,1-2H3.